The van der Waals surface area contributed by atoms with E-state index in [9.17, 15) is 22.7 Å². The summed E-state index contributed by atoms with van der Waals surface area (Å²) in [6.45, 7) is 0.742. The molecule has 11 heteroatoms. The van der Waals surface area contributed by atoms with Crippen LogP contribution in [-0.2, 0) is 14.8 Å². The van der Waals surface area contributed by atoms with Gasteiger partial charge in [-0.15, -0.1) is 0 Å². The van der Waals surface area contributed by atoms with Crippen LogP contribution in [0.4, 0.5) is 15.8 Å². The summed E-state index contributed by atoms with van der Waals surface area (Å²) in [5.41, 5.74) is 0.268. The number of rotatable bonds is 8. The second-order valence-electron chi connectivity index (χ2n) is 7.25. The molecule has 0 bridgehead atoms. The number of anilines is 2. The van der Waals surface area contributed by atoms with Crippen LogP contribution in [0.3, 0.4) is 0 Å². The van der Waals surface area contributed by atoms with E-state index in [4.69, 9.17) is 16.3 Å². The van der Waals surface area contributed by atoms with Crippen molar-refractivity contribution in [1.82, 2.24) is 0 Å². The summed E-state index contributed by atoms with van der Waals surface area (Å²) in [5.74, 6) is -1.75. The monoisotopic (exact) mass is 486 g/mol. The Morgan fingerprint density at radius 2 is 2.06 bits per heavy atom. The standard InChI is InChI=1S/C21H24ClFN2O6S/c1-30-20-16(22)10-13(21(27)31-2)11-19(20)32(28,29)24-18-12-15(5-6-17(18)23)25-8-3-4-14(25)7-9-26/h5-6,10-12,14,24,26H,3-4,7-9H2,1-2H3/t14-/m1/s1. The highest BCUT2D eigenvalue weighted by molar-refractivity contribution is 7.92. The first-order chi connectivity index (χ1) is 15.2. The maximum atomic E-state index is 14.6. The maximum Gasteiger partial charge on any atom is 0.337 e. The third kappa shape index (κ3) is 4.92. The zero-order valence-corrected chi connectivity index (χ0v) is 19.2. The van der Waals surface area contributed by atoms with Gasteiger partial charge in [0.1, 0.15) is 10.7 Å². The van der Waals surface area contributed by atoms with E-state index in [0.717, 1.165) is 26.0 Å². The molecule has 0 spiro atoms. The highest BCUT2D eigenvalue weighted by Gasteiger charge is 2.28. The summed E-state index contributed by atoms with van der Waals surface area (Å²) in [6.07, 6.45) is 2.36. The lowest BCUT2D eigenvalue weighted by Crippen LogP contribution is -2.30. The van der Waals surface area contributed by atoms with E-state index >= 15 is 0 Å². The number of hydrogen-bond acceptors (Lipinski definition) is 7. The third-order valence-corrected chi connectivity index (χ3v) is 6.94. The molecular weight excluding hydrogens is 463 g/mol. The molecule has 1 atom stereocenters. The van der Waals surface area contributed by atoms with Crippen molar-refractivity contribution in [3.63, 3.8) is 0 Å². The van der Waals surface area contributed by atoms with Crippen LogP contribution in [0.5, 0.6) is 5.75 Å². The van der Waals surface area contributed by atoms with Crippen molar-refractivity contribution < 1.29 is 32.2 Å². The van der Waals surface area contributed by atoms with Gasteiger partial charge < -0.3 is 19.5 Å². The van der Waals surface area contributed by atoms with Gasteiger partial charge in [-0.3, -0.25) is 4.72 Å². The largest absolute Gasteiger partial charge is 0.494 e. The summed E-state index contributed by atoms with van der Waals surface area (Å²) in [6, 6.07) is 6.51. The van der Waals surface area contributed by atoms with Crippen LogP contribution in [-0.4, -0.2) is 52.9 Å². The molecule has 8 nitrogen and oxygen atoms in total. The quantitative estimate of drug-likeness (QED) is 0.551. The molecule has 0 aromatic heterocycles. The van der Waals surface area contributed by atoms with E-state index in [-0.39, 0.29) is 34.7 Å². The number of carbonyl (C=O) groups excluding carboxylic acids is 1. The molecule has 1 aliphatic rings. The fourth-order valence-corrected chi connectivity index (χ4v) is 5.42. The van der Waals surface area contributed by atoms with E-state index in [1.807, 2.05) is 4.90 Å². The lowest BCUT2D eigenvalue weighted by molar-refractivity contribution is 0.0600. The number of sulfonamides is 1. The molecule has 1 aliphatic heterocycles. The van der Waals surface area contributed by atoms with Crippen molar-refractivity contribution in [2.24, 2.45) is 0 Å². The number of ether oxygens (including phenoxy) is 2. The number of aliphatic hydroxyl groups is 1. The Bertz CT molecular complexity index is 1110. The highest BCUT2D eigenvalue weighted by Crippen LogP contribution is 2.36. The Balaban J connectivity index is 2.00. The first-order valence-corrected chi connectivity index (χ1v) is 11.7. The van der Waals surface area contributed by atoms with Crippen LogP contribution in [0.15, 0.2) is 35.2 Å². The average Bonchev–Trinajstić information content (AvgIpc) is 3.22. The van der Waals surface area contributed by atoms with Crippen molar-refractivity contribution in [2.75, 3.05) is 37.0 Å². The smallest absolute Gasteiger partial charge is 0.337 e. The van der Waals surface area contributed by atoms with Crippen LogP contribution in [0, 0.1) is 5.82 Å². The molecule has 2 aromatic rings. The number of nitrogens with one attached hydrogen (secondary N) is 1. The second kappa shape index (κ2) is 9.93. The zero-order chi connectivity index (χ0) is 23.5. The summed E-state index contributed by atoms with van der Waals surface area (Å²) >= 11 is 6.11. The van der Waals surface area contributed by atoms with Crippen LogP contribution in [0.2, 0.25) is 5.02 Å². The SMILES string of the molecule is COC(=O)c1cc(Cl)c(OC)c(S(=O)(=O)Nc2cc(N3CCC[C@@H]3CCO)ccc2F)c1. The zero-order valence-electron chi connectivity index (χ0n) is 17.6. The highest BCUT2D eigenvalue weighted by atomic mass is 35.5. The Labute approximate surface area is 190 Å². The Kier molecular flexibility index (Phi) is 7.47. The van der Waals surface area contributed by atoms with Crippen molar-refractivity contribution in [3.05, 3.63) is 46.7 Å². The van der Waals surface area contributed by atoms with Crippen LogP contribution >= 0.6 is 11.6 Å². The van der Waals surface area contributed by atoms with Gasteiger partial charge in [-0.1, -0.05) is 11.6 Å². The fourth-order valence-electron chi connectivity index (χ4n) is 3.80. The molecule has 0 aliphatic carbocycles. The molecule has 2 N–H and O–H groups in total. The van der Waals surface area contributed by atoms with Crippen LogP contribution in [0.25, 0.3) is 0 Å². The topological polar surface area (TPSA) is 105 Å². The lowest BCUT2D eigenvalue weighted by atomic mass is 10.1. The van der Waals surface area contributed by atoms with Gasteiger partial charge in [-0.05, 0) is 49.6 Å². The van der Waals surface area contributed by atoms with E-state index in [0.29, 0.717) is 18.7 Å². The first kappa shape index (κ1) is 24.1. The molecule has 0 amide bonds. The van der Waals surface area contributed by atoms with Gasteiger partial charge in [0.05, 0.1) is 30.5 Å². The van der Waals surface area contributed by atoms with E-state index < -0.39 is 26.7 Å². The number of aliphatic hydroxyl groups excluding tert-OH is 1. The molecule has 1 saturated heterocycles. The fraction of sp³-hybridized carbons (Fsp3) is 0.381. The first-order valence-electron chi connectivity index (χ1n) is 9.87. The molecule has 3 rings (SSSR count). The number of nitrogens with zero attached hydrogens (tertiary/aromatic N) is 1. The van der Waals surface area contributed by atoms with E-state index in [1.54, 1.807) is 6.07 Å². The minimum absolute atomic E-state index is 0.0267. The molecule has 0 saturated carbocycles. The maximum absolute atomic E-state index is 14.6. The predicted octanol–water partition coefficient (Wildman–Crippen LogP) is 3.43. The van der Waals surface area contributed by atoms with Gasteiger partial charge in [0.25, 0.3) is 10.0 Å². The van der Waals surface area contributed by atoms with Gasteiger partial charge in [-0.2, -0.15) is 0 Å². The number of hydrogen-bond donors (Lipinski definition) is 2. The molecule has 2 aromatic carbocycles. The Morgan fingerprint density at radius 1 is 1.31 bits per heavy atom. The Morgan fingerprint density at radius 3 is 2.72 bits per heavy atom. The molecule has 1 fully saturated rings. The van der Waals surface area contributed by atoms with E-state index in [2.05, 4.69) is 9.46 Å². The predicted molar refractivity (Wildman–Crippen MR) is 119 cm³/mol. The Hall–Kier alpha value is -2.56. The van der Waals surface area contributed by atoms with Gasteiger partial charge in [-0.25, -0.2) is 17.6 Å². The number of benzene rings is 2. The van der Waals surface area contributed by atoms with Gasteiger partial charge in [0.15, 0.2) is 5.75 Å². The average molecular weight is 487 g/mol. The van der Waals surface area contributed by atoms with Crippen molar-refractivity contribution in [1.29, 1.82) is 0 Å². The molecule has 1 heterocycles. The van der Waals surface area contributed by atoms with Crippen molar-refractivity contribution >= 4 is 39.0 Å². The number of methoxy groups -OCH3 is 2. The van der Waals surface area contributed by atoms with Gasteiger partial charge in [0, 0.05) is 24.9 Å². The minimum Gasteiger partial charge on any atom is -0.494 e. The number of halogens is 2. The van der Waals surface area contributed by atoms with Crippen LogP contribution < -0.4 is 14.4 Å². The second-order valence-corrected chi connectivity index (χ2v) is 9.31. The molecule has 32 heavy (non-hydrogen) atoms. The number of esters is 1. The van der Waals surface area contributed by atoms with Crippen molar-refractivity contribution in [3.8, 4) is 5.75 Å². The summed E-state index contributed by atoms with van der Waals surface area (Å²) in [5, 5.41) is 9.17. The van der Waals surface area contributed by atoms with Gasteiger partial charge in [0.2, 0.25) is 0 Å². The third-order valence-electron chi connectivity index (χ3n) is 5.29. The molecular formula is C21H24ClFN2O6S. The van der Waals surface area contributed by atoms with Crippen LogP contribution in [0.1, 0.15) is 29.6 Å². The number of carbonyl (C=O) groups is 1. The summed E-state index contributed by atoms with van der Waals surface area (Å²) in [7, 11) is -2.02. The molecule has 0 unspecified atom stereocenters. The summed E-state index contributed by atoms with van der Waals surface area (Å²) in [4.78, 5) is 13.5. The van der Waals surface area contributed by atoms with Crippen molar-refractivity contribution in [2.45, 2.75) is 30.2 Å². The summed E-state index contributed by atoms with van der Waals surface area (Å²) < 4.78 is 52.8. The van der Waals surface area contributed by atoms with E-state index in [1.165, 1.54) is 25.3 Å². The molecule has 174 valence electrons. The normalized spacial score (nSPS) is 16.2. The minimum atomic E-state index is -4.40. The lowest BCUT2D eigenvalue weighted by Gasteiger charge is -2.27. The van der Waals surface area contributed by atoms with Gasteiger partial charge >= 0.3 is 5.97 Å². The molecule has 0 radical (unpaired) electrons.